The summed E-state index contributed by atoms with van der Waals surface area (Å²) in [4.78, 5) is 22.6. The number of pyridine rings is 1. The van der Waals surface area contributed by atoms with Crippen LogP contribution in [0.3, 0.4) is 0 Å². The number of benzene rings is 1. The van der Waals surface area contributed by atoms with Crippen LogP contribution in [0.15, 0.2) is 53.2 Å². The van der Waals surface area contributed by atoms with Gasteiger partial charge in [0.25, 0.3) is 5.89 Å². The molecule has 0 spiro atoms. The lowest BCUT2D eigenvalue weighted by molar-refractivity contribution is -0.127. The number of amides is 1. The predicted octanol–water partition coefficient (Wildman–Crippen LogP) is 3.34. The van der Waals surface area contributed by atoms with Crippen LogP contribution < -0.4 is 5.32 Å². The summed E-state index contributed by atoms with van der Waals surface area (Å²) in [6.07, 6.45) is 4.96. The molecule has 1 aromatic carbocycles. The van der Waals surface area contributed by atoms with Gasteiger partial charge in [-0.1, -0.05) is 35.5 Å². The Morgan fingerprint density at radius 3 is 2.76 bits per heavy atom. The van der Waals surface area contributed by atoms with E-state index >= 15 is 0 Å². The van der Waals surface area contributed by atoms with Crippen molar-refractivity contribution in [1.82, 2.24) is 20.0 Å². The maximum absolute atomic E-state index is 11.8. The molecule has 7 heteroatoms. The fourth-order valence-corrected chi connectivity index (χ4v) is 3.56. The number of aromatic nitrogens is 3. The minimum atomic E-state index is 0.0976. The number of nitrogens with one attached hydrogen (secondary N) is 1. The van der Waals surface area contributed by atoms with Crippen LogP contribution in [-0.4, -0.2) is 45.1 Å². The second kappa shape index (κ2) is 8.86. The molecule has 1 fully saturated rings. The maximum atomic E-state index is 11.8. The summed E-state index contributed by atoms with van der Waals surface area (Å²) in [5.74, 6) is 2.12. The number of hydrogen-bond acceptors (Lipinski definition) is 6. The molecule has 1 unspecified atom stereocenters. The first-order valence-electron chi connectivity index (χ1n) is 10.1. The molecule has 7 nitrogen and oxygen atoms in total. The number of carbonyl (C=O) groups is 1. The van der Waals surface area contributed by atoms with Gasteiger partial charge in [0.15, 0.2) is 5.82 Å². The SMILES string of the molecule is CCN1CC(Nc2ccc(-c3nc(CCCc4ccccc4)no3)cn2)CC1=O. The highest BCUT2D eigenvalue weighted by Gasteiger charge is 2.28. The van der Waals surface area contributed by atoms with E-state index in [1.54, 1.807) is 6.20 Å². The molecule has 0 aliphatic carbocycles. The lowest BCUT2D eigenvalue weighted by Crippen LogP contribution is -2.27. The fourth-order valence-electron chi connectivity index (χ4n) is 3.56. The standard InChI is InChI=1S/C22H25N5O2/c1-2-27-15-18(13-21(27)28)24-19-12-11-17(14-23-19)22-25-20(26-29-22)10-6-9-16-7-4-3-5-8-16/h3-5,7-8,11-12,14,18H,2,6,9-10,13,15H2,1H3,(H,23,24). The summed E-state index contributed by atoms with van der Waals surface area (Å²) in [5, 5.41) is 7.41. The first-order valence-corrected chi connectivity index (χ1v) is 10.1. The molecule has 0 radical (unpaired) electrons. The van der Waals surface area contributed by atoms with Crippen molar-refractivity contribution in [2.75, 3.05) is 18.4 Å². The van der Waals surface area contributed by atoms with Crippen molar-refractivity contribution >= 4 is 11.7 Å². The van der Waals surface area contributed by atoms with Gasteiger partial charge >= 0.3 is 0 Å². The zero-order valence-corrected chi connectivity index (χ0v) is 16.5. The van der Waals surface area contributed by atoms with Crippen molar-refractivity contribution in [3.63, 3.8) is 0 Å². The quantitative estimate of drug-likeness (QED) is 0.634. The third kappa shape index (κ3) is 4.80. The first-order chi connectivity index (χ1) is 14.2. The molecule has 1 atom stereocenters. The number of likely N-dealkylation sites (tertiary alicyclic amines) is 1. The maximum Gasteiger partial charge on any atom is 0.259 e. The lowest BCUT2D eigenvalue weighted by atomic mass is 10.1. The molecular weight excluding hydrogens is 366 g/mol. The Morgan fingerprint density at radius 1 is 1.17 bits per heavy atom. The minimum Gasteiger partial charge on any atom is -0.365 e. The van der Waals surface area contributed by atoms with Gasteiger partial charge in [0.2, 0.25) is 5.91 Å². The van der Waals surface area contributed by atoms with Gasteiger partial charge in [-0.2, -0.15) is 4.98 Å². The number of aryl methyl sites for hydroxylation is 2. The average molecular weight is 391 g/mol. The lowest BCUT2D eigenvalue weighted by Gasteiger charge is -2.15. The van der Waals surface area contributed by atoms with E-state index in [-0.39, 0.29) is 11.9 Å². The third-order valence-corrected chi connectivity index (χ3v) is 5.14. The van der Waals surface area contributed by atoms with Crippen molar-refractivity contribution in [1.29, 1.82) is 0 Å². The molecule has 1 aliphatic rings. The zero-order valence-electron chi connectivity index (χ0n) is 16.5. The molecule has 1 saturated heterocycles. The Hall–Kier alpha value is -3.22. The zero-order chi connectivity index (χ0) is 20.1. The molecule has 0 bridgehead atoms. The van der Waals surface area contributed by atoms with E-state index in [0.717, 1.165) is 43.7 Å². The van der Waals surface area contributed by atoms with E-state index in [1.807, 2.05) is 30.0 Å². The summed E-state index contributed by atoms with van der Waals surface area (Å²) < 4.78 is 5.40. The summed E-state index contributed by atoms with van der Waals surface area (Å²) in [5.41, 5.74) is 2.10. The van der Waals surface area contributed by atoms with E-state index < -0.39 is 0 Å². The van der Waals surface area contributed by atoms with Crippen molar-refractivity contribution in [2.24, 2.45) is 0 Å². The van der Waals surface area contributed by atoms with Crippen LogP contribution in [0.5, 0.6) is 0 Å². The van der Waals surface area contributed by atoms with Gasteiger partial charge in [-0.05, 0) is 37.5 Å². The van der Waals surface area contributed by atoms with Crippen LogP contribution >= 0.6 is 0 Å². The molecule has 1 amide bonds. The second-order valence-electron chi connectivity index (χ2n) is 7.26. The molecule has 150 valence electrons. The van der Waals surface area contributed by atoms with Gasteiger partial charge in [0.1, 0.15) is 5.82 Å². The van der Waals surface area contributed by atoms with Gasteiger partial charge in [-0.15, -0.1) is 0 Å². The highest BCUT2D eigenvalue weighted by molar-refractivity contribution is 5.79. The Balaban J connectivity index is 1.31. The van der Waals surface area contributed by atoms with Crippen LogP contribution in [0.2, 0.25) is 0 Å². The monoisotopic (exact) mass is 391 g/mol. The van der Waals surface area contributed by atoms with Crippen LogP contribution in [0.1, 0.15) is 31.2 Å². The van der Waals surface area contributed by atoms with Crippen molar-refractivity contribution in [3.05, 3.63) is 60.0 Å². The van der Waals surface area contributed by atoms with Crippen LogP contribution in [0.4, 0.5) is 5.82 Å². The molecular formula is C22H25N5O2. The highest BCUT2D eigenvalue weighted by Crippen LogP contribution is 2.20. The first kappa shape index (κ1) is 19.1. The molecule has 1 aliphatic heterocycles. The molecule has 3 heterocycles. The van der Waals surface area contributed by atoms with Gasteiger partial charge in [-0.3, -0.25) is 4.79 Å². The van der Waals surface area contributed by atoms with E-state index in [1.165, 1.54) is 5.56 Å². The van der Waals surface area contributed by atoms with Crippen molar-refractivity contribution < 1.29 is 9.32 Å². The molecule has 4 rings (SSSR count). The number of carbonyl (C=O) groups excluding carboxylic acids is 1. The summed E-state index contributed by atoms with van der Waals surface area (Å²) >= 11 is 0. The molecule has 3 aromatic rings. The van der Waals surface area contributed by atoms with Gasteiger partial charge in [0, 0.05) is 32.1 Å². The van der Waals surface area contributed by atoms with E-state index in [0.29, 0.717) is 18.1 Å². The molecule has 1 N–H and O–H groups in total. The summed E-state index contributed by atoms with van der Waals surface area (Å²) in [6.45, 7) is 3.46. The Bertz CT molecular complexity index is 939. The summed E-state index contributed by atoms with van der Waals surface area (Å²) in [7, 11) is 0. The molecule has 29 heavy (non-hydrogen) atoms. The topological polar surface area (TPSA) is 84.2 Å². The molecule has 0 saturated carbocycles. The number of nitrogens with zero attached hydrogens (tertiary/aromatic N) is 4. The third-order valence-electron chi connectivity index (χ3n) is 5.14. The predicted molar refractivity (Wildman–Crippen MR) is 110 cm³/mol. The normalized spacial score (nSPS) is 16.4. The largest absolute Gasteiger partial charge is 0.365 e. The van der Waals surface area contributed by atoms with Crippen molar-refractivity contribution in [3.8, 4) is 11.5 Å². The fraction of sp³-hybridized carbons (Fsp3) is 0.364. The van der Waals surface area contributed by atoms with Gasteiger partial charge in [-0.25, -0.2) is 4.98 Å². The second-order valence-corrected chi connectivity index (χ2v) is 7.26. The average Bonchev–Trinajstić information content (AvgIpc) is 3.36. The van der Waals surface area contributed by atoms with Gasteiger partial charge in [0.05, 0.1) is 11.6 Å². The number of hydrogen-bond donors (Lipinski definition) is 1. The Kier molecular flexibility index (Phi) is 5.84. The number of likely N-dealkylation sites (N-methyl/N-ethyl adjacent to an activating group) is 1. The number of rotatable bonds is 8. The minimum absolute atomic E-state index is 0.0976. The van der Waals surface area contributed by atoms with Crippen LogP contribution in [0.25, 0.3) is 11.5 Å². The Labute approximate surface area is 170 Å². The van der Waals surface area contributed by atoms with Crippen LogP contribution in [0, 0.1) is 0 Å². The van der Waals surface area contributed by atoms with E-state index in [4.69, 9.17) is 4.52 Å². The van der Waals surface area contributed by atoms with E-state index in [2.05, 4.69) is 44.7 Å². The Morgan fingerprint density at radius 2 is 2.03 bits per heavy atom. The van der Waals surface area contributed by atoms with E-state index in [9.17, 15) is 4.79 Å². The van der Waals surface area contributed by atoms with Crippen molar-refractivity contribution in [2.45, 2.75) is 38.6 Å². The smallest absolute Gasteiger partial charge is 0.259 e. The summed E-state index contributed by atoms with van der Waals surface area (Å²) in [6, 6.07) is 14.3. The highest BCUT2D eigenvalue weighted by atomic mass is 16.5. The van der Waals surface area contributed by atoms with Gasteiger partial charge < -0.3 is 14.7 Å². The molecule has 2 aromatic heterocycles. The van der Waals surface area contributed by atoms with Crippen LogP contribution in [-0.2, 0) is 17.6 Å². The number of anilines is 1.